The Labute approximate surface area is 166 Å². The van der Waals surface area contributed by atoms with Crippen LogP contribution in [0.2, 0.25) is 0 Å². The lowest BCUT2D eigenvalue weighted by molar-refractivity contribution is -0.440. The summed E-state index contributed by atoms with van der Waals surface area (Å²) in [5.41, 5.74) is -9.96. The molecule has 160 valence electrons. The van der Waals surface area contributed by atoms with E-state index in [-0.39, 0.29) is 0 Å². The quantitative estimate of drug-likeness (QED) is 0.458. The summed E-state index contributed by atoms with van der Waals surface area (Å²) in [7, 11) is 0. The standard InChI is InChI=1S/C12H5N7O12/c20-14(21)5-3-8(16(24)25)10(9(4-5)17(26)27)13-6-1-2-7(15(22)23)12(19(30)31)11(6)18(28)29/h1-4,13H. The van der Waals surface area contributed by atoms with E-state index in [9.17, 15) is 60.7 Å². The third kappa shape index (κ3) is 4.08. The van der Waals surface area contributed by atoms with Gasteiger partial charge in [-0.15, -0.1) is 0 Å². The van der Waals surface area contributed by atoms with Crippen molar-refractivity contribution in [3.05, 3.63) is 85.0 Å². The minimum atomic E-state index is -1.59. The van der Waals surface area contributed by atoms with Gasteiger partial charge in [-0.05, 0) is 6.07 Å². The maximum atomic E-state index is 11.4. The second-order valence-electron chi connectivity index (χ2n) is 5.36. The van der Waals surface area contributed by atoms with Gasteiger partial charge in [-0.2, -0.15) is 0 Å². The van der Waals surface area contributed by atoms with Gasteiger partial charge >= 0.3 is 28.4 Å². The normalized spacial score (nSPS) is 10.2. The lowest BCUT2D eigenvalue weighted by atomic mass is 10.1. The van der Waals surface area contributed by atoms with Crippen LogP contribution in [-0.4, -0.2) is 29.5 Å². The van der Waals surface area contributed by atoms with Crippen molar-refractivity contribution in [3.8, 4) is 0 Å². The molecule has 0 aliphatic carbocycles. The molecule has 2 aromatic carbocycles. The van der Waals surface area contributed by atoms with Crippen molar-refractivity contribution >= 4 is 45.5 Å². The Hall–Kier alpha value is -5.36. The number of non-ortho nitro benzene ring substituents is 1. The van der Waals surface area contributed by atoms with Gasteiger partial charge in [0.25, 0.3) is 5.69 Å². The van der Waals surface area contributed by atoms with E-state index in [1.165, 1.54) is 0 Å². The molecule has 2 aromatic rings. The molecule has 1 N–H and O–H groups in total. The molecular weight excluding hydrogens is 434 g/mol. The Morgan fingerprint density at radius 1 is 0.548 bits per heavy atom. The molecule has 0 saturated carbocycles. The van der Waals surface area contributed by atoms with Crippen LogP contribution in [0.1, 0.15) is 0 Å². The highest BCUT2D eigenvalue weighted by Crippen LogP contribution is 2.46. The average Bonchev–Trinajstić information content (AvgIpc) is 2.66. The number of rotatable bonds is 8. The number of benzene rings is 2. The van der Waals surface area contributed by atoms with Crippen LogP contribution >= 0.6 is 0 Å². The highest BCUT2D eigenvalue weighted by atomic mass is 16.7. The van der Waals surface area contributed by atoms with Crippen molar-refractivity contribution in [1.29, 1.82) is 0 Å². The second kappa shape index (κ2) is 7.94. The van der Waals surface area contributed by atoms with Crippen LogP contribution in [0.25, 0.3) is 0 Å². The van der Waals surface area contributed by atoms with E-state index in [1.807, 2.05) is 5.32 Å². The van der Waals surface area contributed by atoms with E-state index in [4.69, 9.17) is 0 Å². The zero-order valence-electron chi connectivity index (χ0n) is 14.4. The molecule has 0 amide bonds. The maximum Gasteiger partial charge on any atom is 0.424 e. The molecule has 31 heavy (non-hydrogen) atoms. The largest absolute Gasteiger partial charge is 0.424 e. The Bertz CT molecular complexity index is 1160. The van der Waals surface area contributed by atoms with E-state index in [0.29, 0.717) is 24.3 Å². The van der Waals surface area contributed by atoms with E-state index in [0.717, 1.165) is 0 Å². The summed E-state index contributed by atoms with van der Waals surface area (Å²) in [6, 6.07) is 1.68. The van der Waals surface area contributed by atoms with Crippen LogP contribution in [0.5, 0.6) is 0 Å². The zero-order valence-corrected chi connectivity index (χ0v) is 14.4. The van der Waals surface area contributed by atoms with Crippen LogP contribution in [0.15, 0.2) is 24.3 Å². The molecule has 0 radical (unpaired) electrons. The SMILES string of the molecule is O=[N+]([O-])c1cc([N+](=O)[O-])c(Nc2ccc([N+](=O)[O-])c([N+](=O)[O-])c2[N+](=O)[O-])c([N+](=O)[O-])c1. The summed E-state index contributed by atoms with van der Waals surface area (Å²) >= 11 is 0. The Balaban J connectivity index is 2.89. The summed E-state index contributed by atoms with van der Waals surface area (Å²) in [5, 5.41) is 68.9. The lowest BCUT2D eigenvalue weighted by Crippen LogP contribution is -2.07. The molecule has 0 atom stereocenters. The summed E-state index contributed by atoms with van der Waals surface area (Å²) in [6.45, 7) is 0. The molecule has 19 heteroatoms. The number of nitrogens with one attached hydrogen (secondary N) is 1. The van der Waals surface area contributed by atoms with Crippen LogP contribution in [0, 0.1) is 60.7 Å². The molecule has 19 nitrogen and oxygen atoms in total. The van der Waals surface area contributed by atoms with Crippen LogP contribution in [-0.2, 0) is 0 Å². The molecular formula is C12H5N7O12. The van der Waals surface area contributed by atoms with Gasteiger partial charge in [-0.3, -0.25) is 60.7 Å². The number of nitro groups is 6. The zero-order chi connectivity index (χ0) is 23.6. The number of hydrogen-bond acceptors (Lipinski definition) is 13. The van der Waals surface area contributed by atoms with Gasteiger partial charge in [0.15, 0.2) is 5.69 Å². The molecule has 0 spiro atoms. The highest BCUT2D eigenvalue weighted by molar-refractivity contribution is 5.87. The smallest absolute Gasteiger partial charge is 0.338 e. The summed E-state index contributed by atoms with van der Waals surface area (Å²) < 4.78 is 0. The number of anilines is 2. The molecule has 0 heterocycles. The Kier molecular flexibility index (Phi) is 5.62. The number of nitrogens with zero attached hydrogens (tertiary/aromatic N) is 6. The first-order valence-electron chi connectivity index (χ1n) is 7.35. The highest BCUT2D eigenvalue weighted by Gasteiger charge is 2.40. The second-order valence-corrected chi connectivity index (χ2v) is 5.36. The van der Waals surface area contributed by atoms with Gasteiger partial charge in [0.1, 0.15) is 5.69 Å². The van der Waals surface area contributed by atoms with Crippen LogP contribution < -0.4 is 5.32 Å². The summed E-state index contributed by atoms with van der Waals surface area (Å²) in [5.74, 6) is 0. The summed E-state index contributed by atoms with van der Waals surface area (Å²) in [6.07, 6.45) is 0. The minimum absolute atomic E-state index is 0.320. The van der Waals surface area contributed by atoms with Gasteiger partial charge < -0.3 is 5.32 Å². The fourth-order valence-corrected chi connectivity index (χ4v) is 2.44. The molecule has 0 saturated heterocycles. The monoisotopic (exact) mass is 439 g/mol. The van der Waals surface area contributed by atoms with Crippen molar-refractivity contribution in [2.45, 2.75) is 0 Å². The van der Waals surface area contributed by atoms with Crippen LogP contribution in [0.4, 0.5) is 45.5 Å². The summed E-state index contributed by atoms with van der Waals surface area (Å²) in [4.78, 5) is 59.2. The molecule has 0 aliphatic heterocycles. The van der Waals surface area contributed by atoms with Crippen molar-refractivity contribution in [2.24, 2.45) is 0 Å². The lowest BCUT2D eigenvalue weighted by Gasteiger charge is -2.09. The van der Waals surface area contributed by atoms with Crippen molar-refractivity contribution in [2.75, 3.05) is 5.32 Å². The minimum Gasteiger partial charge on any atom is -0.338 e. The molecule has 0 aliphatic rings. The third-order valence-electron chi connectivity index (χ3n) is 3.64. The molecule has 0 aromatic heterocycles. The van der Waals surface area contributed by atoms with Crippen molar-refractivity contribution in [3.63, 3.8) is 0 Å². The van der Waals surface area contributed by atoms with E-state index in [2.05, 4.69) is 0 Å². The fraction of sp³-hybridized carbons (Fsp3) is 0. The van der Waals surface area contributed by atoms with Gasteiger partial charge in [0.05, 0.1) is 41.7 Å². The van der Waals surface area contributed by atoms with E-state index in [1.54, 1.807) is 0 Å². The Morgan fingerprint density at radius 3 is 1.35 bits per heavy atom. The first-order chi connectivity index (χ1) is 14.4. The van der Waals surface area contributed by atoms with E-state index >= 15 is 0 Å². The first-order valence-corrected chi connectivity index (χ1v) is 7.35. The maximum absolute atomic E-state index is 11.4. The topological polar surface area (TPSA) is 271 Å². The average molecular weight is 439 g/mol. The fourth-order valence-electron chi connectivity index (χ4n) is 2.44. The molecule has 0 bridgehead atoms. The Morgan fingerprint density at radius 2 is 1.00 bits per heavy atom. The van der Waals surface area contributed by atoms with Gasteiger partial charge in [-0.25, -0.2) is 0 Å². The first kappa shape index (κ1) is 21.9. The molecule has 0 fully saturated rings. The van der Waals surface area contributed by atoms with Crippen LogP contribution in [0.3, 0.4) is 0 Å². The predicted octanol–water partition coefficient (Wildman–Crippen LogP) is 2.88. The van der Waals surface area contributed by atoms with E-state index < -0.39 is 75.0 Å². The van der Waals surface area contributed by atoms with Gasteiger partial charge in [0.2, 0.25) is 0 Å². The third-order valence-corrected chi connectivity index (χ3v) is 3.64. The van der Waals surface area contributed by atoms with Gasteiger partial charge in [0, 0.05) is 6.07 Å². The number of hydrogen-bond donors (Lipinski definition) is 1. The van der Waals surface area contributed by atoms with Gasteiger partial charge in [-0.1, -0.05) is 0 Å². The van der Waals surface area contributed by atoms with Crippen molar-refractivity contribution in [1.82, 2.24) is 0 Å². The molecule has 2 rings (SSSR count). The van der Waals surface area contributed by atoms with Crippen molar-refractivity contribution < 1.29 is 29.5 Å². The number of nitro benzene ring substituents is 6. The molecule has 0 unspecified atom stereocenters. The predicted molar refractivity (Wildman–Crippen MR) is 96.1 cm³/mol.